The molecule has 7 nitrogen and oxygen atoms in total. The van der Waals surface area contributed by atoms with E-state index in [4.69, 9.17) is 9.47 Å². The zero-order valence-electron chi connectivity index (χ0n) is 13.9. The van der Waals surface area contributed by atoms with Crippen molar-refractivity contribution in [1.29, 1.82) is 0 Å². The third kappa shape index (κ3) is 3.11. The lowest BCUT2D eigenvalue weighted by Crippen LogP contribution is -2.41. The van der Waals surface area contributed by atoms with Crippen LogP contribution in [0.1, 0.15) is 5.69 Å². The van der Waals surface area contributed by atoms with E-state index in [1.54, 1.807) is 6.20 Å². The van der Waals surface area contributed by atoms with Crippen LogP contribution in [0.15, 0.2) is 58.3 Å². The first-order valence-electron chi connectivity index (χ1n) is 8.32. The normalized spacial score (nSPS) is 15.6. The van der Waals surface area contributed by atoms with Gasteiger partial charge in [0.1, 0.15) is 24.1 Å². The van der Waals surface area contributed by atoms with Crippen LogP contribution in [-0.4, -0.2) is 24.2 Å². The average molecular weight is 351 g/mol. The maximum Gasteiger partial charge on any atom is 0.253 e. The van der Waals surface area contributed by atoms with Crippen molar-refractivity contribution in [1.82, 2.24) is 4.98 Å². The molecule has 0 aliphatic carbocycles. The Labute approximate surface area is 149 Å². The number of pyridine rings is 1. The molecular weight excluding hydrogens is 334 g/mol. The van der Waals surface area contributed by atoms with Crippen molar-refractivity contribution in [2.24, 2.45) is 0 Å². The van der Waals surface area contributed by atoms with Crippen molar-refractivity contribution in [3.8, 4) is 11.5 Å². The van der Waals surface area contributed by atoms with Crippen LogP contribution in [0.25, 0.3) is 0 Å². The molecule has 1 aromatic heterocycles. The predicted molar refractivity (Wildman–Crippen MR) is 97.8 cm³/mol. The summed E-state index contributed by atoms with van der Waals surface area (Å²) in [5, 5.41) is 5.99. The predicted octanol–water partition coefficient (Wildman–Crippen LogP) is 1.54. The zero-order valence-corrected chi connectivity index (χ0v) is 13.9. The standard InChI is InChI=1S/C19H17N3O4/c23-18-16(21-9-12-5-3-4-8-20-12)17(19(18)24)22-10-13-11-25-14-6-1-2-7-15(14)26-13/h1-8,13,21-22H,9-11H2/t13-/m1/s1. The van der Waals surface area contributed by atoms with E-state index in [0.717, 1.165) is 5.69 Å². The molecule has 4 rings (SSSR count). The minimum atomic E-state index is -0.523. The van der Waals surface area contributed by atoms with Crippen LogP contribution < -0.4 is 31.0 Å². The molecule has 0 amide bonds. The summed E-state index contributed by atoms with van der Waals surface area (Å²) in [6.07, 6.45) is 1.43. The number of aromatic nitrogens is 1. The van der Waals surface area contributed by atoms with Crippen molar-refractivity contribution in [3.63, 3.8) is 0 Å². The SMILES string of the molecule is O=c1c(NCc2ccccn2)c(NC[C@@H]2COc3ccccc3O2)c1=O. The summed E-state index contributed by atoms with van der Waals surface area (Å²) in [6, 6.07) is 12.9. The van der Waals surface area contributed by atoms with Gasteiger partial charge in [-0.1, -0.05) is 18.2 Å². The molecule has 0 fully saturated rings. The van der Waals surface area contributed by atoms with Gasteiger partial charge in [-0.3, -0.25) is 14.6 Å². The van der Waals surface area contributed by atoms with Crippen LogP contribution in [0.3, 0.4) is 0 Å². The van der Waals surface area contributed by atoms with Crippen molar-refractivity contribution in [2.75, 3.05) is 23.8 Å². The minimum absolute atomic E-state index is 0.252. The highest BCUT2D eigenvalue weighted by molar-refractivity contribution is 5.74. The molecular formula is C19H17N3O4. The first-order chi connectivity index (χ1) is 12.7. The van der Waals surface area contributed by atoms with Gasteiger partial charge in [0.05, 0.1) is 18.8 Å². The number of rotatable bonds is 6. The Bertz CT molecular complexity index is 980. The van der Waals surface area contributed by atoms with Gasteiger partial charge in [0.25, 0.3) is 10.9 Å². The lowest BCUT2D eigenvalue weighted by molar-refractivity contribution is 0.0997. The lowest BCUT2D eigenvalue weighted by atomic mass is 10.1. The number of ether oxygens (including phenoxy) is 2. The fourth-order valence-corrected chi connectivity index (χ4v) is 2.79. The van der Waals surface area contributed by atoms with Crippen molar-refractivity contribution in [2.45, 2.75) is 12.6 Å². The van der Waals surface area contributed by atoms with Gasteiger partial charge in [-0.25, -0.2) is 0 Å². The van der Waals surface area contributed by atoms with Crippen LogP contribution in [0, 0.1) is 0 Å². The van der Waals surface area contributed by atoms with Crippen LogP contribution in [0.2, 0.25) is 0 Å². The largest absolute Gasteiger partial charge is 0.486 e. The summed E-state index contributed by atoms with van der Waals surface area (Å²) >= 11 is 0. The highest BCUT2D eigenvalue weighted by Crippen LogP contribution is 2.31. The van der Waals surface area contributed by atoms with Gasteiger partial charge in [-0.15, -0.1) is 0 Å². The zero-order chi connectivity index (χ0) is 17.9. The van der Waals surface area contributed by atoms with E-state index in [0.29, 0.717) is 31.2 Å². The van der Waals surface area contributed by atoms with Crippen molar-refractivity contribution < 1.29 is 9.47 Å². The molecule has 2 heterocycles. The van der Waals surface area contributed by atoms with Crippen LogP contribution in [0.4, 0.5) is 11.4 Å². The maximum absolute atomic E-state index is 11.9. The van der Waals surface area contributed by atoms with Gasteiger partial charge in [0.2, 0.25) is 0 Å². The highest BCUT2D eigenvalue weighted by Gasteiger charge is 2.24. The summed E-state index contributed by atoms with van der Waals surface area (Å²) in [7, 11) is 0. The van der Waals surface area contributed by atoms with Crippen LogP contribution >= 0.6 is 0 Å². The van der Waals surface area contributed by atoms with Gasteiger partial charge in [0, 0.05) is 6.20 Å². The molecule has 1 aliphatic heterocycles. The molecule has 0 bridgehead atoms. The molecule has 7 heteroatoms. The summed E-state index contributed by atoms with van der Waals surface area (Å²) in [5.41, 5.74) is 0.318. The van der Waals surface area contributed by atoms with Gasteiger partial charge >= 0.3 is 0 Å². The molecule has 26 heavy (non-hydrogen) atoms. The molecule has 3 aromatic rings. The van der Waals surface area contributed by atoms with Crippen LogP contribution in [-0.2, 0) is 6.54 Å². The first-order valence-corrected chi connectivity index (χ1v) is 8.32. The van der Waals surface area contributed by atoms with E-state index in [-0.39, 0.29) is 17.5 Å². The Kier molecular flexibility index (Phi) is 4.27. The molecule has 1 aliphatic rings. The Balaban J connectivity index is 1.38. The third-order valence-corrected chi connectivity index (χ3v) is 4.16. The molecule has 2 aromatic carbocycles. The fourth-order valence-electron chi connectivity index (χ4n) is 2.79. The molecule has 0 saturated heterocycles. The number of anilines is 2. The smallest absolute Gasteiger partial charge is 0.253 e. The lowest BCUT2D eigenvalue weighted by Gasteiger charge is -2.27. The maximum atomic E-state index is 11.9. The second-order valence-electron chi connectivity index (χ2n) is 5.96. The number of nitrogens with zero attached hydrogens (tertiary/aromatic N) is 1. The highest BCUT2D eigenvalue weighted by atomic mass is 16.6. The number of hydrogen-bond acceptors (Lipinski definition) is 7. The van der Waals surface area contributed by atoms with Crippen molar-refractivity contribution >= 4 is 11.4 Å². The molecule has 2 N–H and O–H groups in total. The van der Waals surface area contributed by atoms with Gasteiger partial charge in [0.15, 0.2) is 11.5 Å². The molecule has 1 atom stereocenters. The first kappa shape index (κ1) is 16.1. The van der Waals surface area contributed by atoms with Crippen LogP contribution in [0.5, 0.6) is 11.5 Å². The van der Waals surface area contributed by atoms with E-state index in [9.17, 15) is 9.59 Å². The van der Waals surface area contributed by atoms with Crippen molar-refractivity contribution in [3.05, 3.63) is 74.8 Å². The second-order valence-corrected chi connectivity index (χ2v) is 5.96. The third-order valence-electron chi connectivity index (χ3n) is 4.16. The van der Waals surface area contributed by atoms with E-state index in [1.807, 2.05) is 42.5 Å². The summed E-state index contributed by atoms with van der Waals surface area (Å²) < 4.78 is 11.5. The summed E-state index contributed by atoms with van der Waals surface area (Å²) in [6.45, 7) is 1.10. The number of nitrogens with one attached hydrogen (secondary N) is 2. The molecule has 0 spiro atoms. The number of benzene rings is 1. The Hall–Kier alpha value is -3.35. The topological polar surface area (TPSA) is 89.6 Å². The molecule has 132 valence electrons. The fraction of sp³-hybridized carbons (Fsp3) is 0.211. The Morgan fingerprint density at radius 1 is 0.962 bits per heavy atom. The van der Waals surface area contributed by atoms with Gasteiger partial charge in [-0.05, 0) is 24.3 Å². The molecule has 0 radical (unpaired) electrons. The number of fused-ring (bicyclic) bond motifs is 1. The van der Waals surface area contributed by atoms with E-state index in [1.165, 1.54) is 0 Å². The summed E-state index contributed by atoms with van der Waals surface area (Å²) in [5.74, 6) is 1.37. The molecule has 0 unspecified atom stereocenters. The molecule has 0 saturated carbocycles. The number of para-hydroxylation sites is 2. The average Bonchev–Trinajstić information content (AvgIpc) is 2.70. The van der Waals surface area contributed by atoms with E-state index in [2.05, 4.69) is 15.6 Å². The number of hydrogen-bond donors (Lipinski definition) is 2. The second kappa shape index (κ2) is 6.87. The van der Waals surface area contributed by atoms with Gasteiger partial charge < -0.3 is 20.1 Å². The Morgan fingerprint density at radius 3 is 2.46 bits per heavy atom. The summed E-state index contributed by atoms with van der Waals surface area (Å²) in [4.78, 5) is 27.9. The van der Waals surface area contributed by atoms with E-state index >= 15 is 0 Å². The Morgan fingerprint density at radius 2 is 1.69 bits per heavy atom. The minimum Gasteiger partial charge on any atom is -0.486 e. The van der Waals surface area contributed by atoms with E-state index < -0.39 is 10.9 Å². The monoisotopic (exact) mass is 351 g/mol. The van der Waals surface area contributed by atoms with Gasteiger partial charge in [-0.2, -0.15) is 0 Å². The quantitative estimate of drug-likeness (QED) is 0.651.